The summed E-state index contributed by atoms with van der Waals surface area (Å²) in [6.07, 6.45) is 3.44. The molecule has 0 N–H and O–H groups in total. The lowest BCUT2D eigenvalue weighted by atomic mass is 10.0. The number of aromatic nitrogens is 4. The molecule has 1 aromatic carbocycles. The van der Waals surface area contributed by atoms with E-state index in [0.29, 0.717) is 24.5 Å². The number of carbonyl (C=O) groups is 1. The molecule has 31 heavy (non-hydrogen) atoms. The van der Waals surface area contributed by atoms with Gasteiger partial charge in [-0.05, 0) is 62.7 Å². The fraction of sp³-hybridized carbons (Fsp3) is 0.304. The second-order valence-corrected chi connectivity index (χ2v) is 8.46. The van der Waals surface area contributed by atoms with Crippen LogP contribution in [0.3, 0.4) is 0 Å². The molecule has 3 heterocycles. The van der Waals surface area contributed by atoms with Gasteiger partial charge in [0.2, 0.25) is 0 Å². The summed E-state index contributed by atoms with van der Waals surface area (Å²) in [5.74, 6) is -0.309. The van der Waals surface area contributed by atoms with Crippen molar-refractivity contribution in [2.24, 2.45) is 7.05 Å². The highest BCUT2D eigenvalue weighted by Crippen LogP contribution is 2.32. The summed E-state index contributed by atoms with van der Waals surface area (Å²) in [6.45, 7) is 6.34. The Morgan fingerprint density at radius 2 is 1.84 bits per heavy atom. The highest BCUT2D eigenvalue weighted by Gasteiger charge is 2.28. The third kappa shape index (κ3) is 4.63. The number of hydrogen-bond acceptors (Lipinski definition) is 5. The molecular weight excluding hydrogens is 397 g/mol. The van der Waals surface area contributed by atoms with Crippen molar-refractivity contribution < 1.29 is 13.9 Å². The minimum atomic E-state index is -0.560. The molecule has 1 amide bonds. The molecule has 0 radical (unpaired) electrons. The Labute approximate surface area is 180 Å². The minimum absolute atomic E-state index is 0.309. The van der Waals surface area contributed by atoms with Gasteiger partial charge in [-0.15, -0.1) is 10.2 Å². The van der Waals surface area contributed by atoms with E-state index in [1.54, 1.807) is 21.7 Å². The van der Waals surface area contributed by atoms with E-state index in [9.17, 15) is 9.18 Å². The Morgan fingerprint density at radius 3 is 2.48 bits per heavy atom. The van der Waals surface area contributed by atoms with Gasteiger partial charge in [0.25, 0.3) is 0 Å². The van der Waals surface area contributed by atoms with Crippen molar-refractivity contribution in [3.63, 3.8) is 0 Å². The van der Waals surface area contributed by atoms with Crippen molar-refractivity contribution in [2.75, 3.05) is 13.1 Å². The standard InChI is InChI=1S/C23H24FN5O2/c1-23(2,3)31-22(30)29-12-9-16(14-29)21-18(19-10-11-28(4)27-19)13-20(25-26-21)15-5-7-17(24)8-6-15/h5-11,13H,12,14H2,1-4H3. The molecule has 0 saturated carbocycles. The van der Waals surface area contributed by atoms with Crippen LogP contribution in [0.15, 0.2) is 48.7 Å². The van der Waals surface area contributed by atoms with Crippen LogP contribution < -0.4 is 0 Å². The normalized spacial score (nSPS) is 14.0. The summed E-state index contributed by atoms with van der Waals surface area (Å²) in [5.41, 5.74) is 3.90. The van der Waals surface area contributed by atoms with Crippen LogP contribution in [0.4, 0.5) is 9.18 Å². The van der Waals surface area contributed by atoms with Gasteiger partial charge in [0, 0.05) is 30.9 Å². The summed E-state index contributed by atoms with van der Waals surface area (Å²) < 4.78 is 20.5. The van der Waals surface area contributed by atoms with E-state index >= 15 is 0 Å². The average Bonchev–Trinajstić information content (AvgIpc) is 3.36. The SMILES string of the molecule is Cn1ccc(-c2cc(-c3ccc(F)cc3)nnc2C2=CCN(C(=O)OC(C)(C)C)C2)n1. The molecule has 0 aliphatic carbocycles. The first-order valence-corrected chi connectivity index (χ1v) is 10.0. The van der Waals surface area contributed by atoms with Crippen LogP contribution in [0.25, 0.3) is 28.1 Å². The predicted octanol–water partition coefficient (Wildman–Crippen LogP) is 4.32. The zero-order valence-corrected chi connectivity index (χ0v) is 18.0. The summed E-state index contributed by atoms with van der Waals surface area (Å²) in [5, 5.41) is 13.4. The van der Waals surface area contributed by atoms with Crippen molar-refractivity contribution in [2.45, 2.75) is 26.4 Å². The Morgan fingerprint density at radius 1 is 1.10 bits per heavy atom. The molecule has 4 rings (SSSR count). The van der Waals surface area contributed by atoms with Crippen LogP contribution in [0.1, 0.15) is 26.5 Å². The van der Waals surface area contributed by atoms with Crippen molar-refractivity contribution in [3.8, 4) is 22.5 Å². The first-order valence-electron chi connectivity index (χ1n) is 10.0. The van der Waals surface area contributed by atoms with Crippen LogP contribution in [0.5, 0.6) is 0 Å². The van der Waals surface area contributed by atoms with Crippen LogP contribution in [0, 0.1) is 5.82 Å². The summed E-state index contributed by atoms with van der Waals surface area (Å²) in [7, 11) is 1.84. The quantitative estimate of drug-likeness (QED) is 0.630. The molecule has 0 unspecified atom stereocenters. The van der Waals surface area contributed by atoms with Gasteiger partial charge in [-0.3, -0.25) is 4.68 Å². The Kier molecular flexibility index (Phi) is 5.31. The summed E-state index contributed by atoms with van der Waals surface area (Å²) in [6, 6.07) is 9.92. The molecule has 1 aliphatic heterocycles. The lowest BCUT2D eigenvalue weighted by Gasteiger charge is -2.24. The van der Waals surface area contributed by atoms with E-state index < -0.39 is 5.60 Å². The molecule has 2 aromatic heterocycles. The van der Waals surface area contributed by atoms with Crippen molar-refractivity contribution in [1.82, 2.24) is 24.9 Å². The molecule has 7 nitrogen and oxygen atoms in total. The van der Waals surface area contributed by atoms with E-state index in [4.69, 9.17) is 4.74 Å². The molecule has 0 saturated heterocycles. The molecule has 1 aliphatic rings. The van der Waals surface area contributed by atoms with Crippen LogP contribution in [-0.4, -0.2) is 49.7 Å². The van der Waals surface area contributed by atoms with Crippen LogP contribution >= 0.6 is 0 Å². The number of amides is 1. The van der Waals surface area contributed by atoms with Gasteiger partial charge in [-0.2, -0.15) is 5.10 Å². The van der Waals surface area contributed by atoms with Gasteiger partial charge in [-0.25, -0.2) is 9.18 Å². The monoisotopic (exact) mass is 421 g/mol. The van der Waals surface area contributed by atoms with Gasteiger partial charge < -0.3 is 9.64 Å². The first-order chi connectivity index (χ1) is 14.7. The minimum Gasteiger partial charge on any atom is -0.444 e. The second kappa shape index (κ2) is 7.94. The second-order valence-electron chi connectivity index (χ2n) is 8.46. The number of benzene rings is 1. The highest BCUT2D eigenvalue weighted by atomic mass is 19.1. The van der Waals surface area contributed by atoms with Gasteiger partial charge in [0.05, 0.1) is 23.6 Å². The maximum Gasteiger partial charge on any atom is 0.410 e. The molecule has 0 spiro atoms. The zero-order valence-electron chi connectivity index (χ0n) is 18.0. The molecule has 0 bridgehead atoms. The van der Waals surface area contributed by atoms with Gasteiger partial charge in [-0.1, -0.05) is 6.08 Å². The van der Waals surface area contributed by atoms with E-state index in [-0.39, 0.29) is 11.9 Å². The van der Waals surface area contributed by atoms with Gasteiger partial charge >= 0.3 is 6.09 Å². The van der Waals surface area contributed by atoms with Crippen molar-refractivity contribution >= 4 is 11.7 Å². The molecule has 0 fully saturated rings. The van der Waals surface area contributed by atoms with E-state index in [1.165, 1.54) is 12.1 Å². The lowest BCUT2D eigenvalue weighted by Crippen LogP contribution is -2.35. The third-order valence-electron chi connectivity index (χ3n) is 4.80. The maximum absolute atomic E-state index is 13.3. The Balaban J connectivity index is 1.68. The Bertz CT molecular complexity index is 1150. The first kappa shape index (κ1) is 20.7. The van der Waals surface area contributed by atoms with Crippen LogP contribution in [0.2, 0.25) is 0 Å². The van der Waals surface area contributed by atoms with Crippen LogP contribution in [-0.2, 0) is 11.8 Å². The maximum atomic E-state index is 13.3. The molecule has 160 valence electrons. The summed E-state index contributed by atoms with van der Waals surface area (Å²) >= 11 is 0. The van der Waals surface area contributed by atoms with E-state index in [1.807, 2.05) is 52.2 Å². The van der Waals surface area contributed by atoms with Crippen molar-refractivity contribution in [1.29, 1.82) is 0 Å². The largest absolute Gasteiger partial charge is 0.444 e. The molecule has 0 atom stereocenters. The number of rotatable bonds is 3. The number of nitrogens with zero attached hydrogens (tertiary/aromatic N) is 5. The number of aryl methyl sites for hydroxylation is 1. The van der Waals surface area contributed by atoms with E-state index in [2.05, 4.69) is 15.3 Å². The molecule has 8 heteroatoms. The smallest absolute Gasteiger partial charge is 0.410 e. The fourth-order valence-electron chi connectivity index (χ4n) is 3.34. The Hall–Kier alpha value is -3.55. The highest BCUT2D eigenvalue weighted by molar-refractivity contribution is 5.83. The molecular formula is C23H24FN5O2. The predicted molar refractivity (Wildman–Crippen MR) is 115 cm³/mol. The van der Waals surface area contributed by atoms with Gasteiger partial charge in [0.1, 0.15) is 11.4 Å². The van der Waals surface area contributed by atoms with E-state index in [0.717, 1.165) is 22.4 Å². The number of halogens is 1. The fourth-order valence-corrected chi connectivity index (χ4v) is 3.34. The number of carbonyl (C=O) groups excluding carboxylic acids is 1. The number of hydrogen-bond donors (Lipinski definition) is 0. The topological polar surface area (TPSA) is 73.1 Å². The third-order valence-corrected chi connectivity index (χ3v) is 4.80. The molecule has 3 aromatic rings. The number of ether oxygens (including phenoxy) is 1. The summed E-state index contributed by atoms with van der Waals surface area (Å²) in [4.78, 5) is 14.1. The lowest BCUT2D eigenvalue weighted by molar-refractivity contribution is 0.0306. The van der Waals surface area contributed by atoms with Crippen molar-refractivity contribution in [3.05, 3.63) is 60.2 Å². The zero-order chi connectivity index (χ0) is 22.2. The van der Waals surface area contributed by atoms with Gasteiger partial charge in [0.15, 0.2) is 0 Å². The average molecular weight is 421 g/mol.